The van der Waals surface area contributed by atoms with Crippen LogP contribution in [0.1, 0.15) is 100 Å². The Hall–Kier alpha value is -4.80. The number of hydrogen-bond acceptors (Lipinski definition) is 3. The van der Waals surface area contributed by atoms with Gasteiger partial charge in [0.25, 0.3) is 0 Å². The summed E-state index contributed by atoms with van der Waals surface area (Å²) in [4.78, 5) is 2.85. The van der Waals surface area contributed by atoms with E-state index < -0.39 is 0 Å². The van der Waals surface area contributed by atoms with Crippen molar-refractivity contribution in [3.8, 4) is 66.8 Å². The molecule has 0 amide bonds. The van der Waals surface area contributed by atoms with Gasteiger partial charge in [-0.05, 0) is 258 Å². The molecule has 0 radical (unpaired) electrons. The van der Waals surface area contributed by atoms with Gasteiger partial charge in [0.15, 0.2) is 0 Å². The van der Waals surface area contributed by atoms with Crippen LogP contribution < -0.4 is 0 Å². The van der Waals surface area contributed by atoms with Crippen molar-refractivity contribution in [1.29, 1.82) is 0 Å². The minimum Gasteiger partial charge on any atom is -0.779 e. The van der Waals surface area contributed by atoms with Gasteiger partial charge in [-0.3, -0.25) is 0 Å². The van der Waals surface area contributed by atoms with Crippen molar-refractivity contribution in [2.45, 2.75) is 139 Å². The first-order valence-corrected chi connectivity index (χ1v) is 27.5. The molecule has 0 spiro atoms. The Labute approximate surface area is 518 Å². The molecule has 0 heterocycles. The summed E-state index contributed by atoms with van der Waals surface area (Å²) in [6.07, 6.45) is 0. The van der Waals surface area contributed by atoms with Gasteiger partial charge in [-0.15, -0.1) is 0 Å². The predicted octanol–water partition coefficient (Wildman–Crippen LogP) is 20.3. The summed E-state index contributed by atoms with van der Waals surface area (Å²) in [6, 6.07) is 46.3. The number of hydrogen-bond donors (Lipinski definition) is 0. The third kappa shape index (κ3) is 14.2. The molecule has 9 aromatic carbocycles. The van der Waals surface area contributed by atoms with E-state index in [1.54, 1.807) is 0 Å². The summed E-state index contributed by atoms with van der Waals surface area (Å²) in [5.74, 6) is 0. The van der Waals surface area contributed by atoms with Crippen LogP contribution in [0, 0.1) is 125 Å². The molecule has 0 saturated carbocycles. The molecule has 9 aromatic rings. The summed E-state index contributed by atoms with van der Waals surface area (Å²) in [7, 11) is 0. The summed E-state index contributed by atoms with van der Waals surface area (Å²) in [5, 5.41) is 0. The summed E-state index contributed by atoms with van der Waals surface area (Å²) >= 11 is 17.9. The minimum atomic E-state index is 0. The van der Waals surface area contributed by atoms with Crippen LogP contribution in [0.25, 0.3) is 66.8 Å². The Bertz CT molecular complexity index is 2930. The van der Waals surface area contributed by atoms with E-state index in [0.717, 1.165) is 14.7 Å². The van der Waals surface area contributed by atoms with Crippen LogP contribution in [0.2, 0.25) is 0 Å². The van der Waals surface area contributed by atoms with Crippen molar-refractivity contribution in [2.24, 2.45) is 0 Å². The second-order valence-corrected chi connectivity index (χ2v) is 22.9. The third-order valence-electron chi connectivity index (χ3n) is 14.7. The standard InChI is InChI=1S/3C24H26S.3Cu/c3*1-14-10-16(3)22(17(4)11-14)20-8-7-9-21(24(20)25)23-18(5)12-15(2)13-19(23)6;;;/h3*7-13,25H,1-6H3;;;/q;;;3*+1/p-3. The molecule has 0 aliphatic heterocycles. The quantitative estimate of drug-likeness (QED) is 0.120. The van der Waals surface area contributed by atoms with E-state index >= 15 is 0 Å². The zero-order chi connectivity index (χ0) is 54.9. The molecule has 0 nitrogen and oxygen atoms in total. The fourth-order valence-electron chi connectivity index (χ4n) is 12.4. The summed E-state index contributed by atoms with van der Waals surface area (Å²) in [6.45, 7) is 39.0. The second-order valence-electron chi connectivity index (χ2n) is 21.7. The third-order valence-corrected chi connectivity index (χ3v) is 16.0. The molecule has 0 aromatic heterocycles. The molecule has 414 valence electrons. The van der Waals surface area contributed by atoms with Gasteiger partial charge < -0.3 is 37.9 Å². The van der Waals surface area contributed by atoms with E-state index in [1.165, 1.54) is 167 Å². The number of aryl methyl sites for hydroxylation is 18. The van der Waals surface area contributed by atoms with Gasteiger partial charge in [0.2, 0.25) is 0 Å². The first-order chi connectivity index (χ1) is 35.4. The normalized spacial score (nSPS) is 10.5. The van der Waals surface area contributed by atoms with E-state index in [0.29, 0.717) is 0 Å². The Morgan fingerprint density at radius 1 is 0.192 bits per heavy atom. The number of benzene rings is 9. The van der Waals surface area contributed by atoms with Crippen LogP contribution >= 0.6 is 0 Å². The van der Waals surface area contributed by atoms with E-state index in [2.05, 4.69) is 252 Å². The van der Waals surface area contributed by atoms with Gasteiger partial charge in [-0.25, -0.2) is 0 Å². The van der Waals surface area contributed by atoms with E-state index in [1.807, 2.05) is 0 Å². The smallest absolute Gasteiger partial charge is 0.779 e. The van der Waals surface area contributed by atoms with Gasteiger partial charge >= 0.3 is 51.2 Å². The molecule has 6 heteroatoms. The summed E-state index contributed by atoms with van der Waals surface area (Å²) in [5.41, 5.74) is 37.9. The Morgan fingerprint density at radius 2 is 0.295 bits per heavy atom. The van der Waals surface area contributed by atoms with Gasteiger partial charge in [-0.1, -0.05) is 161 Å². The van der Waals surface area contributed by atoms with Gasteiger partial charge in [0.05, 0.1) is 0 Å². The Morgan fingerprint density at radius 3 is 0.397 bits per heavy atom. The molecule has 9 rings (SSSR count). The zero-order valence-corrected chi connectivity index (χ0v) is 54.0. The molecule has 0 bridgehead atoms. The van der Waals surface area contributed by atoms with Crippen LogP contribution in [-0.4, -0.2) is 0 Å². The maximum Gasteiger partial charge on any atom is 1.00 e. The maximum absolute atomic E-state index is 5.96. The molecule has 0 fully saturated rings. The molecule has 0 N–H and O–H groups in total. The molecule has 0 aliphatic carbocycles. The van der Waals surface area contributed by atoms with Crippen LogP contribution in [0.5, 0.6) is 0 Å². The first-order valence-electron chi connectivity index (χ1n) is 26.3. The molecule has 78 heavy (non-hydrogen) atoms. The van der Waals surface area contributed by atoms with Gasteiger partial charge in [0.1, 0.15) is 0 Å². The van der Waals surface area contributed by atoms with Crippen molar-refractivity contribution >= 4 is 37.9 Å². The van der Waals surface area contributed by atoms with Crippen LogP contribution in [0.3, 0.4) is 0 Å². The van der Waals surface area contributed by atoms with Crippen LogP contribution in [0.4, 0.5) is 0 Å². The summed E-state index contributed by atoms with van der Waals surface area (Å²) < 4.78 is 0. The van der Waals surface area contributed by atoms with E-state index in [-0.39, 0.29) is 51.2 Å². The van der Waals surface area contributed by atoms with Crippen LogP contribution in [-0.2, 0) is 89.1 Å². The van der Waals surface area contributed by atoms with Crippen molar-refractivity contribution in [3.63, 3.8) is 0 Å². The fraction of sp³-hybridized carbons (Fsp3) is 0.250. The van der Waals surface area contributed by atoms with Gasteiger partial charge in [-0.2, -0.15) is 14.7 Å². The molecule has 0 atom stereocenters. The molecular formula is C72H75Cu3S3. The van der Waals surface area contributed by atoms with E-state index in [9.17, 15) is 0 Å². The average molecular weight is 1230 g/mol. The SMILES string of the molecule is Cc1cc(C)c(-c2cccc(-c3c(C)cc(C)cc3C)c2[S-])c(C)c1.Cc1cc(C)c(-c2cccc(-c3c(C)cc(C)cc3C)c2[S-])c(C)c1.Cc1cc(C)c(-c2cccc(-c3c(C)cc(C)cc3C)c2[S-])c(C)c1.[Cu+].[Cu+].[Cu+]. The molecule has 0 unspecified atom stereocenters. The topological polar surface area (TPSA) is 0 Å². The predicted molar refractivity (Wildman–Crippen MR) is 334 cm³/mol. The molecular weight excluding hydrogens is 1150 g/mol. The minimum absolute atomic E-state index is 0. The molecule has 0 saturated heterocycles. The fourth-order valence-corrected chi connectivity index (χ4v) is 13.4. The van der Waals surface area contributed by atoms with Crippen molar-refractivity contribution in [2.75, 3.05) is 0 Å². The van der Waals surface area contributed by atoms with E-state index in [4.69, 9.17) is 37.9 Å². The zero-order valence-electron chi connectivity index (χ0n) is 48.8. The monoisotopic (exact) mass is 1220 g/mol. The first kappa shape index (κ1) is 65.7. The Kier molecular flexibility index (Phi) is 23.2. The number of rotatable bonds is 6. The second kappa shape index (κ2) is 27.6. The van der Waals surface area contributed by atoms with Gasteiger partial charge in [0, 0.05) is 0 Å². The van der Waals surface area contributed by atoms with Crippen molar-refractivity contribution in [3.05, 3.63) is 228 Å². The molecule has 0 aliphatic rings. The average Bonchev–Trinajstić information content (AvgIpc) is 3.28. The maximum atomic E-state index is 5.96. The van der Waals surface area contributed by atoms with Crippen molar-refractivity contribution in [1.82, 2.24) is 0 Å². The largest absolute Gasteiger partial charge is 1.00 e. The van der Waals surface area contributed by atoms with Crippen LogP contribution in [0.15, 0.2) is 142 Å². The Balaban J connectivity index is 0.000000248. The van der Waals surface area contributed by atoms with Crippen molar-refractivity contribution < 1.29 is 51.2 Å².